The predicted octanol–water partition coefficient (Wildman–Crippen LogP) is 3.03. The van der Waals surface area contributed by atoms with Crippen LogP contribution in [0, 0.1) is 0 Å². The predicted molar refractivity (Wildman–Crippen MR) is 70.2 cm³/mol. The number of fused-ring (bicyclic) bond motifs is 1. The molecule has 0 aliphatic rings. The van der Waals surface area contributed by atoms with E-state index >= 15 is 0 Å². The highest BCUT2D eigenvalue weighted by Gasteiger charge is 2.06. The van der Waals surface area contributed by atoms with Gasteiger partial charge >= 0.3 is 0 Å². The van der Waals surface area contributed by atoms with E-state index in [4.69, 9.17) is 4.74 Å². The molecular weight excluding hydrogens is 212 g/mol. The molecule has 0 aliphatic carbocycles. The van der Waals surface area contributed by atoms with Crippen molar-refractivity contribution in [1.29, 1.82) is 0 Å². The van der Waals surface area contributed by atoms with E-state index in [0.29, 0.717) is 0 Å². The SMILES string of the molecule is CCc1cn(CCCCOC)c2ncccc12. The van der Waals surface area contributed by atoms with Gasteiger partial charge in [-0.1, -0.05) is 6.92 Å². The van der Waals surface area contributed by atoms with E-state index in [0.717, 1.165) is 38.1 Å². The van der Waals surface area contributed by atoms with Crippen molar-refractivity contribution < 1.29 is 4.74 Å². The highest BCUT2D eigenvalue weighted by molar-refractivity contribution is 5.80. The standard InChI is InChI=1S/C14H20N2O/c1-3-12-11-16(9-4-5-10-17-2)14-13(12)7-6-8-15-14/h6-8,11H,3-5,9-10H2,1-2H3. The molecule has 0 saturated carbocycles. The van der Waals surface area contributed by atoms with Gasteiger partial charge in [0, 0.05) is 38.0 Å². The van der Waals surface area contributed by atoms with Crippen LogP contribution in [0.1, 0.15) is 25.3 Å². The van der Waals surface area contributed by atoms with Gasteiger partial charge < -0.3 is 9.30 Å². The molecule has 2 aromatic heterocycles. The van der Waals surface area contributed by atoms with Crippen LogP contribution in [0.3, 0.4) is 0 Å². The van der Waals surface area contributed by atoms with Crippen molar-refractivity contribution in [1.82, 2.24) is 9.55 Å². The molecule has 2 aromatic rings. The van der Waals surface area contributed by atoms with E-state index in [9.17, 15) is 0 Å². The van der Waals surface area contributed by atoms with Gasteiger partial charge in [0.05, 0.1) is 0 Å². The Morgan fingerprint density at radius 3 is 3.00 bits per heavy atom. The minimum absolute atomic E-state index is 0.841. The first-order chi connectivity index (χ1) is 8.36. The van der Waals surface area contributed by atoms with Crippen molar-refractivity contribution in [3.63, 3.8) is 0 Å². The van der Waals surface area contributed by atoms with Gasteiger partial charge in [0.15, 0.2) is 0 Å². The van der Waals surface area contributed by atoms with Gasteiger partial charge in [-0.15, -0.1) is 0 Å². The van der Waals surface area contributed by atoms with Gasteiger partial charge in [-0.2, -0.15) is 0 Å². The average Bonchev–Trinajstić information content (AvgIpc) is 2.73. The Morgan fingerprint density at radius 1 is 1.35 bits per heavy atom. The van der Waals surface area contributed by atoms with E-state index < -0.39 is 0 Å². The maximum atomic E-state index is 5.07. The lowest BCUT2D eigenvalue weighted by Crippen LogP contribution is -1.99. The minimum Gasteiger partial charge on any atom is -0.385 e. The number of pyridine rings is 1. The Morgan fingerprint density at radius 2 is 2.24 bits per heavy atom. The Kier molecular flexibility index (Phi) is 4.15. The quantitative estimate of drug-likeness (QED) is 0.716. The second-order valence-corrected chi connectivity index (χ2v) is 4.28. The second-order valence-electron chi connectivity index (χ2n) is 4.28. The molecule has 0 radical (unpaired) electrons. The number of unbranched alkanes of at least 4 members (excludes halogenated alkanes) is 1. The summed E-state index contributed by atoms with van der Waals surface area (Å²) in [5.74, 6) is 0. The number of aryl methyl sites for hydroxylation is 2. The summed E-state index contributed by atoms with van der Waals surface area (Å²) in [4.78, 5) is 4.48. The zero-order chi connectivity index (χ0) is 12.1. The molecular formula is C14H20N2O. The molecule has 0 unspecified atom stereocenters. The molecule has 0 aliphatic heterocycles. The first-order valence-corrected chi connectivity index (χ1v) is 6.28. The largest absolute Gasteiger partial charge is 0.385 e. The van der Waals surface area contributed by atoms with E-state index in [1.807, 2.05) is 12.3 Å². The monoisotopic (exact) mass is 232 g/mol. The topological polar surface area (TPSA) is 27.1 Å². The molecule has 2 rings (SSSR count). The number of nitrogens with zero attached hydrogens (tertiary/aromatic N) is 2. The Balaban J connectivity index is 2.16. The van der Waals surface area contributed by atoms with E-state index in [-0.39, 0.29) is 0 Å². The van der Waals surface area contributed by atoms with Crippen LogP contribution in [0.15, 0.2) is 24.5 Å². The van der Waals surface area contributed by atoms with Gasteiger partial charge in [0.2, 0.25) is 0 Å². The van der Waals surface area contributed by atoms with Gasteiger partial charge in [-0.25, -0.2) is 4.98 Å². The van der Waals surface area contributed by atoms with Crippen molar-refractivity contribution in [3.8, 4) is 0 Å². The van der Waals surface area contributed by atoms with Gasteiger partial charge in [0.25, 0.3) is 0 Å². The summed E-state index contributed by atoms with van der Waals surface area (Å²) in [5, 5.41) is 1.29. The molecule has 92 valence electrons. The van der Waals surface area contributed by atoms with Gasteiger partial charge in [-0.05, 0) is 37.0 Å². The molecule has 0 fully saturated rings. The van der Waals surface area contributed by atoms with Crippen LogP contribution >= 0.6 is 0 Å². The van der Waals surface area contributed by atoms with E-state index in [2.05, 4.69) is 28.7 Å². The van der Waals surface area contributed by atoms with Crippen LogP contribution in [0.2, 0.25) is 0 Å². The van der Waals surface area contributed by atoms with Crippen molar-refractivity contribution in [2.45, 2.75) is 32.7 Å². The molecule has 17 heavy (non-hydrogen) atoms. The molecule has 0 aromatic carbocycles. The Hall–Kier alpha value is -1.35. The number of aromatic nitrogens is 2. The lowest BCUT2D eigenvalue weighted by molar-refractivity contribution is 0.191. The van der Waals surface area contributed by atoms with Crippen LogP contribution in [0.4, 0.5) is 0 Å². The number of hydrogen-bond donors (Lipinski definition) is 0. The van der Waals surface area contributed by atoms with Crippen molar-refractivity contribution in [3.05, 3.63) is 30.1 Å². The third-order valence-corrected chi connectivity index (χ3v) is 3.09. The number of methoxy groups -OCH3 is 1. The fraction of sp³-hybridized carbons (Fsp3) is 0.500. The average molecular weight is 232 g/mol. The lowest BCUT2D eigenvalue weighted by Gasteiger charge is -2.03. The fourth-order valence-electron chi connectivity index (χ4n) is 2.18. The number of hydrogen-bond acceptors (Lipinski definition) is 2. The van der Waals surface area contributed by atoms with Gasteiger partial charge in [0.1, 0.15) is 5.65 Å². The molecule has 0 N–H and O–H groups in total. The number of rotatable bonds is 6. The van der Waals surface area contributed by atoms with E-state index in [1.54, 1.807) is 7.11 Å². The normalized spacial score (nSPS) is 11.2. The maximum Gasteiger partial charge on any atom is 0.140 e. The molecule has 2 heterocycles. The second kappa shape index (κ2) is 5.82. The summed E-state index contributed by atoms with van der Waals surface area (Å²) in [6.45, 7) is 4.06. The zero-order valence-electron chi connectivity index (χ0n) is 10.6. The van der Waals surface area contributed by atoms with Crippen molar-refractivity contribution in [2.75, 3.05) is 13.7 Å². The van der Waals surface area contributed by atoms with Crippen LogP contribution < -0.4 is 0 Å². The van der Waals surface area contributed by atoms with Crippen LogP contribution in [-0.4, -0.2) is 23.3 Å². The fourth-order valence-corrected chi connectivity index (χ4v) is 2.18. The van der Waals surface area contributed by atoms with Gasteiger partial charge in [-0.3, -0.25) is 0 Å². The lowest BCUT2D eigenvalue weighted by atomic mass is 10.2. The Labute approximate surface area is 102 Å². The first-order valence-electron chi connectivity index (χ1n) is 6.28. The summed E-state index contributed by atoms with van der Waals surface area (Å²) in [7, 11) is 1.75. The molecule has 3 heteroatoms. The van der Waals surface area contributed by atoms with Crippen molar-refractivity contribution >= 4 is 11.0 Å². The molecule has 0 saturated heterocycles. The van der Waals surface area contributed by atoms with Crippen LogP contribution in [0.25, 0.3) is 11.0 Å². The number of ether oxygens (including phenoxy) is 1. The smallest absolute Gasteiger partial charge is 0.140 e. The summed E-state index contributed by atoms with van der Waals surface area (Å²) in [5.41, 5.74) is 2.50. The summed E-state index contributed by atoms with van der Waals surface area (Å²) >= 11 is 0. The van der Waals surface area contributed by atoms with Crippen molar-refractivity contribution in [2.24, 2.45) is 0 Å². The molecule has 0 atom stereocenters. The van der Waals surface area contributed by atoms with E-state index in [1.165, 1.54) is 10.9 Å². The third kappa shape index (κ3) is 2.67. The van der Waals surface area contributed by atoms with Crippen LogP contribution in [0.5, 0.6) is 0 Å². The third-order valence-electron chi connectivity index (χ3n) is 3.09. The molecule has 0 spiro atoms. The summed E-state index contributed by atoms with van der Waals surface area (Å²) in [6, 6.07) is 4.17. The Bertz CT molecular complexity index is 476. The molecule has 3 nitrogen and oxygen atoms in total. The van der Waals surface area contributed by atoms with Crippen LogP contribution in [-0.2, 0) is 17.7 Å². The molecule has 0 bridgehead atoms. The zero-order valence-corrected chi connectivity index (χ0v) is 10.6. The maximum absolute atomic E-state index is 5.07. The highest BCUT2D eigenvalue weighted by Crippen LogP contribution is 2.20. The minimum atomic E-state index is 0.841. The molecule has 0 amide bonds. The summed E-state index contributed by atoms with van der Waals surface area (Å²) in [6.07, 6.45) is 7.41. The summed E-state index contributed by atoms with van der Waals surface area (Å²) < 4.78 is 7.34. The highest BCUT2D eigenvalue weighted by atomic mass is 16.5. The first kappa shape index (κ1) is 12.1.